The molecule has 6 heteroatoms. The first-order valence-corrected chi connectivity index (χ1v) is 12.7. The Labute approximate surface area is 211 Å². The molecule has 4 aliphatic rings. The Kier molecular flexibility index (Phi) is 6.26. The smallest absolute Gasteiger partial charge is 0.118 e. The molecule has 0 amide bonds. The lowest BCUT2D eigenvalue weighted by Gasteiger charge is -2.39. The predicted molar refractivity (Wildman–Crippen MR) is 143 cm³/mol. The average molecular weight is 478 g/mol. The van der Waals surface area contributed by atoms with Crippen molar-refractivity contribution in [3.05, 3.63) is 107 Å². The zero-order valence-corrected chi connectivity index (χ0v) is 20.6. The van der Waals surface area contributed by atoms with Gasteiger partial charge in [-0.25, -0.2) is 0 Å². The fourth-order valence-corrected chi connectivity index (χ4v) is 5.29. The van der Waals surface area contributed by atoms with E-state index in [1.165, 1.54) is 11.1 Å². The second kappa shape index (κ2) is 9.84. The minimum Gasteiger partial charge on any atom is -0.370 e. The lowest BCUT2D eigenvalue weighted by atomic mass is 9.89. The Morgan fingerprint density at radius 3 is 2.94 bits per heavy atom. The Bertz CT molecular complexity index is 1360. The van der Waals surface area contributed by atoms with Crippen molar-refractivity contribution in [2.24, 2.45) is 0 Å². The standard InChI is InChI=1S/C30H31N5O/c1-21-7-5-12-27(34-21)29-26(17-33-35-29)23-9-6-11-24-22(13-14-23)8-3-2-4-10-25(24)28-18-36-30(20-32-28)15-16-31-19-30/h3-7,9-14,17,28,31-32H,2,15-16,18-20H2,1H3,(H,33,35)/b10-4-,11-6+,14-13-,23-9-,25-24+. The Morgan fingerprint density at radius 1 is 1.14 bits per heavy atom. The van der Waals surface area contributed by atoms with E-state index >= 15 is 0 Å². The van der Waals surface area contributed by atoms with Crippen molar-refractivity contribution in [1.82, 2.24) is 25.8 Å². The van der Waals surface area contributed by atoms with Gasteiger partial charge < -0.3 is 15.4 Å². The van der Waals surface area contributed by atoms with E-state index in [2.05, 4.69) is 80.2 Å². The van der Waals surface area contributed by atoms with Crippen LogP contribution in [-0.4, -0.2) is 53.1 Å². The number of rotatable bonds is 3. The van der Waals surface area contributed by atoms with Crippen LogP contribution in [0.25, 0.3) is 17.0 Å². The zero-order valence-electron chi connectivity index (χ0n) is 20.6. The SMILES string of the molecule is Cc1cccc(-c2n[nH]cc2C2=C\C=C\C3=C(C4COC5(CCNC5)CN4)\C=C/CC=C=C3/C=C\2)n1. The van der Waals surface area contributed by atoms with Crippen molar-refractivity contribution in [1.29, 1.82) is 0 Å². The second-order valence-corrected chi connectivity index (χ2v) is 9.75. The van der Waals surface area contributed by atoms with E-state index in [1.807, 2.05) is 31.3 Å². The molecule has 36 heavy (non-hydrogen) atoms. The lowest BCUT2D eigenvalue weighted by molar-refractivity contribution is -0.0633. The fraction of sp³-hybridized carbons (Fsp3) is 0.300. The minimum absolute atomic E-state index is 0.0611. The number of hydrogen-bond donors (Lipinski definition) is 3. The molecule has 2 fully saturated rings. The van der Waals surface area contributed by atoms with Crippen molar-refractivity contribution in [3.63, 3.8) is 0 Å². The largest absolute Gasteiger partial charge is 0.370 e. The molecule has 4 heterocycles. The number of morpholine rings is 1. The number of fused-ring (bicyclic) bond motifs is 1. The molecule has 0 bridgehead atoms. The van der Waals surface area contributed by atoms with Crippen molar-refractivity contribution in [2.75, 3.05) is 26.2 Å². The van der Waals surface area contributed by atoms with Gasteiger partial charge in [0.25, 0.3) is 0 Å². The topological polar surface area (TPSA) is 74.9 Å². The molecule has 2 aromatic rings. The summed E-state index contributed by atoms with van der Waals surface area (Å²) in [5.41, 5.74) is 11.7. The van der Waals surface area contributed by atoms with Crippen LogP contribution in [0.15, 0.2) is 95.5 Å². The van der Waals surface area contributed by atoms with Gasteiger partial charge in [0, 0.05) is 36.1 Å². The molecule has 0 aromatic carbocycles. The van der Waals surface area contributed by atoms with Crippen LogP contribution in [0.3, 0.4) is 0 Å². The molecular weight excluding hydrogens is 446 g/mol. The van der Waals surface area contributed by atoms with Crippen LogP contribution in [0.5, 0.6) is 0 Å². The van der Waals surface area contributed by atoms with E-state index in [0.29, 0.717) is 6.61 Å². The Balaban J connectivity index is 1.34. The molecule has 2 saturated heterocycles. The van der Waals surface area contributed by atoms with Crippen molar-refractivity contribution >= 4 is 5.57 Å². The maximum atomic E-state index is 6.43. The van der Waals surface area contributed by atoms with Gasteiger partial charge in [0.15, 0.2) is 0 Å². The van der Waals surface area contributed by atoms with Crippen molar-refractivity contribution in [2.45, 2.75) is 31.4 Å². The number of allylic oxidation sites excluding steroid dienone is 9. The molecule has 6 rings (SSSR count). The van der Waals surface area contributed by atoms with Crippen LogP contribution in [-0.2, 0) is 4.74 Å². The van der Waals surface area contributed by atoms with Gasteiger partial charge in [0.1, 0.15) is 5.69 Å². The summed E-state index contributed by atoms with van der Waals surface area (Å²) < 4.78 is 6.43. The first-order valence-electron chi connectivity index (χ1n) is 12.7. The summed E-state index contributed by atoms with van der Waals surface area (Å²) in [4.78, 5) is 4.68. The highest BCUT2D eigenvalue weighted by molar-refractivity contribution is 5.84. The molecule has 3 N–H and O–H groups in total. The number of aryl methyl sites for hydroxylation is 1. The van der Waals surface area contributed by atoms with Crippen molar-refractivity contribution in [3.8, 4) is 11.4 Å². The summed E-state index contributed by atoms with van der Waals surface area (Å²) in [5, 5.41) is 14.8. The predicted octanol–water partition coefficient (Wildman–Crippen LogP) is 4.35. The molecule has 2 aromatic heterocycles. The van der Waals surface area contributed by atoms with Gasteiger partial charge in [-0.1, -0.05) is 42.5 Å². The Morgan fingerprint density at radius 2 is 2.11 bits per heavy atom. The fourth-order valence-electron chi connectivity index (χ4n) is 5.29. The maximum absolute atomic E-state index is 6.43. The molecule has 2 unspecified atom stereocenters. The summed E-state index contributed by atoms with van der Waals surface area (Å²) in [6, 6.07) is 6.16. The van der Waals surface area contributed by atoms with Gasteiger partial charge in [0.05, 0.1) is 23.9 Å². The van der Waals surface area contributed by atoms with E-state index in [-0.39, 0.29) is 11.6 Å². The van der Waals surface area contributed by atoms with Gasteiger partial charge in [-0.15, -0.1) is 5.73 Å². The molecule has 182 valence electrons. The highest BCUT2D eigenvalue weighted by atomic mass is 16.5. The lowest BCUT2D eigenvalue weighted by Crippen LogP contribution is -2.56. The summed E-state index contributed by atoms with van der Waals surface area (Å²) in [5.74, 6) is 0. The number of aromatic amines is 1. The van der Waals surface area contributed by atoms with Gasteiger partial charge >= 0.3 is 0 Å². The average Bonchev–Trinajstić information content (AvgIpc) is 3.53. The summed E-state index contributed by atoms with van der Waals surface area (Å²) in [7, 11) is 0. The first-order chi connectivity index (χ1) is 17.7. The molecule has 0 radical (unpaired) electrons. The number of nitrogens with one attached hydrogen (secondary N) is 3. The van der Waals surface area contributed by atoms with E-state index < -0.39 is 0 Å². The summed E-state index contributed by atoms with van der Waals surface area (Å²) >= 11 is 0. The van der Waals surface area contributed by atoms with E-state index in [0.717, 1.165) is 66.3 Å². The third-order valence-corrected chi connectivity index (χ3v) is 7.27. The first kappa shape index (κ1) is 22.9. The van der Waals surface area contributed by atoms with E-state index in [4.69, 9.17) is 4.74 Å². The molecular formula is C30H31N5O. The van der Waals surface area contributed by atoms with E-state index in [1.54, 1.807) is 0 Å². The number of H-pyrrole nitrogens is 1. The van der Waals surface area contributed by atoms with E-state index in [9.17, 15) is 0 Å². The normalized spacial score (nSPS) is 31.9. The highest BCUT2D eigenvalue weighted by Crippen LogP contribution is 2.32. The number of ether oxygens (including phenoxy) is 1. The van der Waals surface area contributed by atoms with Crippen LogP contribution < -0.4 is 10.6 Å². The van der Waals surface area contributed by atoms with Crippen molar-refractivity contribution < 1.29 is 4.74 Å². The highest BCUT2D eigenvalue weighted by Gasteiger charge is 2.39. The second-order valence-electron chi connectivity index (χ2n) is 9.75. The van der Waals surface area contributed by atoms with Crippen LogP contribution in [0, 0.1) is 6.92 Å². The van der Waals surface area contributed by atoms with Gasteiger partial charge in [0.2, 0.25) is 0 Å². The molecule has 1 spiro atoms. The summed E-state index contributed by atoms with van der Waals surface area (Å²) in [6.45, 7) is 5.48. The zero-order chi connectivity index (χ0) is 24.4. The van der Waals surface area contributed by atoms with Gasteiger partial charge in [-0.2, -0.15) is 5.10 Å². The molecule has 2 aliphatic heterocycles. The number of nitrogens with zero attached hydrogens (tertiary/aromatic N) is 2. The van der Waals surface area contributed by atoms with Crippen LogP contribution in [0.1, 0.15) is 24.1 Å². The van der Waals surface area contributed by atoms with Crippen LogP contribution in [0.2, 0.25) is 0 Å². The number of hydrogen-bond acceptors (Lipinski definition) is 5. The number of pyridine rings is 1. The minimum atomic E-state index is -0.0611. The molecule has 6 nitrogen and oxygen atoms in total. The molecule has 2 atom stereocenters. The quantitative estimate of drug-likeness (QED) is 0.573. The molecule has 2 aliphatic carbocycles. The molecule has 0 saturated carbocycles. The van der Waals surface area contributed by atoms with Crippen LogP contribution in [0.4, 0.5) is 0 Å². The van der Waals surface area contributed by atoms with Gasteiger partial charge in [-0.3, -0.25) is 10.1 Å². The van der Waals surface area contributed by atoms with Crippen LogP contribution >= 0.6 is 0 Å². The number of aromatic nitrogens is 3. The summed E-state index contributed by atoms with van der Waals surface area (Å²) in [6.07, 6.45) is 21.2. The Hall–Kier alpha value is -3.54. The third kappa shape index (κ3) is 4.52. The maximum Gasteiger partial charge on any atom is 0.118 e. The monoisotopic (exact) mass is 477 g/mol. The third-order valence-electron chi connectivity index (χ3n) is 7.27. The van der Waals surface area contributed by atoms with Gasteiger partial charge in [-0.05, 0) is 67.3 Å².